The van der Waals surface area contributed by atoms with Gasteiger partial charge in [0.25, 0.3) is 11.9 Å². The zero-order valence-electron chi connectivity index (χ0n) is 16.7. The van der Waals surface area contributed by atoms with Crippen LogP contribution in [0.15, 0.2) is 36.8 Å². The van der Waals surface area contributed by atoms with E-state index in [0.717, 1.165) is 6.20 Å². The van der Waals surface area contributed by atoms with Crippen LogP contribution in [0, 0.1) is 0 Å². The van der Waals surface area contributed by atoms with Crippen molar-refractivity contribution < 1.29 is 22.7 Å². The third-order valence-electron chi connectivity index (χ3n) is 3.90. The summed E-state index contributed by atoms with van der Waals surface area (Å²) in [5.41, 5.74) is 0.382. The quantitative estimate of drug-likeness (QED) is 0.620. The van der Waals surface area contributed by atoms with Crippen LogP contribution in [0.4, 0.5) is 19.0 Å². The summed E-state index contributed by atoms with van der Waals surface area (Å²) < 4.78 is 42.8. The van der Waals surface area contributed by atoms with Gasteiger partial charge in [0.1, 0.15) is 10.8 Å². The fourth-order valence-corrected chi connectivity index (χ4v) is 2.61. The van der Waals surface area contributed by atoms with Crippen molar-refractivity contribution in [3.05, 3.63) is 53.1 Å². The van der Waals surface area contributed by atoms with Crippen molar-refractivity contribution in [3.63, 3.8) is 0 Å². The van der Waals surface area contributed by atoms with Gasteiger partial charge in [-0.25, -0.2) is 15.0 Å². The average molecular weight is 455 g/mol. The Bertz CT molecular complexity index is 1080. The van der Waals surface area contributed by atoms with Crippen molar-refractivity contribution in [2.45, 2.75) is 32.4 Å². The second kappa shape index (κ2) is 8.50. The minimum Gasteiger partial charge on any atom is -0.467 e. The molecule has 0 spiro atoms. The molecule has 8 nitrogen and oxygen atoms in total. The number of rotatable bonds is 5. The lowest BCUT2D eigenvalue weighted by Gasteiger charge is -2.13. The van der Waals surface area contributed by atoms with E-state index >= 15 is 0 Å². The van der Waals surface area contributed by atoms with Crippen LogP contribution in [-0.4, -0.2) is 43.4 Å². The van der Waals surface area contributed by atoms with Crippen molar-refractivity contribution in [2.24, 2.45) is 0 Å². The Labute approximate surface area is 180 Å². The summed E-state index contributed by atoms with van der Waals surface area (Å²) >= 11 is 5.92. The molecular formula is C19H18ClF3N6O2. The standard InChI is InChI=1S/C19H18ClF3N6O2/c1-18(2,3)13-8-14(29(28-13)17-24-5-4-6-25-17)27-15(30)11-7-12(20)16(26-9-11)31-10-19(21,22)23/h4-9H,10H2,1-3H3,(H,27,30). The molecule has 1 amide bonds. The second-order valence-corrected chi connectivity index (χ2v) is 7.90. The Morgan fingerprint density at radius 1 is 1.16 bits per heavy atom. The molecule has 3 aromatic heterocycles. The molecule has 12 heteroatoms. The molecule has 0 saturated heterocycles. The van der Waals surface area contributed by atoms with Crippen molar-refractivity contribution >= 4 is 23.3 Å². The fraction of sp³-hybridized carbons (Fsp3) is 0.316. The van der Waals surface area contributed by atoms with Crippen molar-refractivity contribution in [2.75, 3.05) is 11.9 Å². The number of carbonyl (C=O) groups excluding carboxylic acids is 1. The normalized spacial score (nSPS) is 12.0. The predicted molar refractivity (Wildman–Crippen MR) is 107 cm³/mol. The van der Waals surface area contributed by atoms with E-state index in [4.69, 9.17) is 11.6 Å². The van der Waals surface area contributed by atoms with E-state index in [1.54, 1.807) is 12.1 Å². The Hall–Kier alpha value is -3.21. The van der Waals surface area contributed by atoms with Gasteiger partial charge < -0.3 is 10.1 Å². The zero-order chi connectivity index (χ0) is 22.8. The number of pyridine rings is 1. The number of nitrogens with one attached hydrogen (secondary N) is 1. The van der Waals surface area contributed by atoms with Gasteiger partial charge in [-0.2, -0.15) is 23.0 Å². The van der Waals surface area contributed by atoms with Crippen LogP contribution in [0.3, 0.4) is 0 Å². The Morgan fingerprint density at radius 3 is 2.42 bits per heavy atom. The van der Waals surface area contributed by atoms with Gasteiger partial charge in [0.05, 0.1) is 11.3 Å². The Kier molecular flexibility index (Phi) is 6.16. The van der Waals surface area contributed by atoms with Gasteiger partial charge in [-0.1, -0.05) is 32.4 Å². The summed E-state index contributed by atoms with van der Waals surface area (Å²) in [4.78, 5) is 24.7. The highest BCUT2D eigenvalue weighted by Gasteiger charge is 2.29. The number of nitrogens with zero attached hydrogens (tertiary/aromatic N) is 5. The maximum atomic E-state index is 12.7. The van der Waals surface area contributed by atoms with Gasteiger partial charge in [-0.3, -0.25) is 4.79 Å². The Balaban J connectivity index is 1.86. The largest absolute Gasteiger partial charge is 0.467 e. The third-order valence-corrected chi connectivity index (χ3v) is 4.17. The van der Waals surface area contributed by atoms with Crippen LogP contribution in [0.25, 0.3) is 5.95 Å². The molecule has 0 atom stereocenters. The maximum absolute atomic E-state index is 12.7. The summed E-state index contributed by atoms with van der Waals surface area (Å²) in [5, 5.41) is 6.94. The second-order valence-electron chi connectivity index (χ2n) is 7.49. The van der Waals surface area contributed by atoms with Crippen LogP contribution in [0.1, 0.15) is 36.8 Å². The highest BCUT2D eigenvalue weighted by atomic mass is 35.5. The number of hydrogen-bond donors (Lipinski definition) is 1. The first-order chi connectivity index (χ1) is 14.4. The summed E-state index contributed by atoms with van der Waals surface area (Å²) in [7, 11) is 0. The van der Waals surface area contributed by atoms with Crippen molar-refractivity contribution in [3.8, 4) is 11.8 Å². The topological polar surface area (TPSA) is 94.8 Å². The minimum absolute atomic E-state index is 0.0170. The van der Waals surface area contributed by atoms with Crippen LogP contribution in [0.5, 0.6) is 5.88 Å². The summed E-state index contributed by atoms with van der Waals surface area (Å²) in [6.07, 6.45) is -0.396. The van der Waals surface area contributed by atoms with Gasteiger partial charge in [0.2, 0.25) is 5.88 Å². The maximum Gasteiger partial charge on any atom is 0.422 e. The third kappa shape index (κ3) is 5.69. The SMILES string of the molecule is CC(C)(C)c1cc(NC(=O)c2cnc(OCC(F)(F)F)c(Cl)c2)n(-c2ncccn2)n1. The van der Waals surface area contributed by atoms with Crippen LogP contribution < -0.4 is 10.1 Å². The first-order valence-corrected chi connectivity index (χ1v) is 9.36. The van der Waals surface area contributed by atoms with E-state index in [1.165, 1.54) is 23.1 Å². The van der Waals surface area contributed by atoms with E-state index in [0.29, 0.717) is 11.5 Å². The molecule has 0 bridgehead atoms. The number of ether oxygens (including phenoxy) is 1. The van der Waals surface area contributed by atoms with Gasteiger partial charge in [-0.15, -0.1) is 0 Å². The summed E-state index contributed by atoms with van der Waals surface area (Å²) in [6.45, 7) is 4.33. The van der Waals surface area contributed by atoms with Crippen LogP contribution >= 0.6 is 11.6 Å². The molecule has 1 N–H and O–H groups in total. The summed E-state index contributed by atoms with van der Waals surface area (Å²) in [6, 6.07) is 4.50. The molecule has 0 saturated carbocycles. The van der Waals surface area contributed by atoms with Gasteiger partial charge in [0.15, 0.2) is 6.61 Å². The highest BCUT2D eigenvalue weighted by molar-refractivity contribution is 6.32. The van der Waals surface area contributed by atoms with E-state index in [1.807, 2.05) is 20.8 Å². The molecular weight excluding hydrogens is 437 g/mol. The number of alkyl halides is 3. The zero-order valence-corrected chi connectivity index (χ0v) is 17.5. The summed E-state index contributed by atoms with van der Waals surface area (Å²) in [5.74, 6) is -0.474. The minimum atomic E-state index is -4.54. The number of halogens is 4. The van der Waals surface area contributed by atoms with Gasteiger partial charge in [0, 0.05) is 30.1 Å². The molecule has 0 fully saturated rings. The molecule has 0 aliphatic carbocycles. The fourth-order valence-electron chi connectivity index (χ4n) is 2.38. The first kappa shape index (κ1) is 22.5. The molecule has 3 aromatic rings. The van der Waals surface area contributed by atoms with E-state index < -0.39 is 24.6 Å². The number of aromatic nitrogens is 5. The first-order valence-electron chi connectivity index (χ1n) is 8.98. The molecule has 3 heterocycles. The van der Waals surface area contributed by atoms with Crippen LogP contribution in [-0.2, 0) is 5.41 Å². The number of carbonyl (C=O) groups is 1. The Morgan fingerprint density at radius 2 is 1.84 bits per heavy atom. The molecule has 0 aliphatic rings. The monoisotopic (exact) mass is 454 g/mol. The van der Waals surface area contributed by atoms with Crippen molar-refractivity contribution in [1.29, 1.82) is 0 Å². The van der Waals surface area contributed by atoms with Crippen molar-refractivity contribution in [1.82, 2.24) is 24.7 Å². The average Bonchev–Trinajstić information content (AvgIpc) is 3.11. The van der Waals surface area contributed by atoms with E-state index in [9.17, 15) is 18.0 Å². The van der Waals surface area contributed by atoms with Gasteiger partial charge in [-0.05, 0) is 12.1 Å². The van der Waals surface area contributed by atoms with E-state index in [2.05, 4.69) is 30.1 Å². The molecule has 3 rings (SSSR count). The predicted octanol–water partition coefficient (Wildman–Crippen LogP) is 4.20. The van der Waals surface area contributed by atoms with Crippen LogP contribution in [0.2, 0.25) is 5.02 Å². The number of hydrogen-bond acceptors (Lipinski definition) is 6. The molecule has 0 aliphatic heterocycles. The molecule has 31 heavy (non-hydrogen) atoms. The molecule has 0 unspecified atom stereocenters. The smallest absolute Gasteiger partial charge is 0.422 e. The molecule has 0 aromatic carbocycles. The lowest BCUT2D eigenvalue weighted by Crippen LogP contribution is -2.20. The molecule has 0 radical (unpaired) electrons. The number of anilines is 1. The van der Waals surface area contributed by atoms with Gasteiger partial charge >= 0.3 is 6.18 Å². The number of amides is 1. The lowest BCUT2D eigenvalue weighted by atomic mass is 9.92. The lowest BCUT2D eigenvalue weighted by molar-refractivity contribution is -0.154. The highest BCUT2D eigenvalue weighted by Crippen LogP contribution is 2.27. The molecule has 164 valence electrons. The van der Waals surface area contributed by atoms with E-state index in [-0.39, 0.29) is 21.9 Å².